The van der Waals surface area contributed by atoms with Crippen molar-refractivity contribution in [2.75, 3.05) is 33.3 Å². The predicted octanol–water partition coefficient (Wildman–Crippen LogP) is 3.97. The van der Waals surface area contributed by atoms with E-state index in [4.69, 9.17) is 16.3 Å². The van der Waals surface area contributed by atoms with Crippen LogP contribution in [-0.4, -0.2) is 38.2 Å². The molecule has 2 heterocycles. The molecule has 0 radical (unpaired) electrons. The number of hydrogen-bond donors (Lipinski definition) is 1. The minimum Gasteiger partial charge on any atom is -0.496 e. The first kappa shape index (κ1) is 18.5. The lowest BCUT2D eigenvalue weighted by molar-refractivity contribution is 0.197. The third kappa shape index (κ3) is 4.17. The van der Waals surface area contributed by atoms with Crippen molar-refractivity contribution in [2.24, 2.45) is 0 Å². The molecule has 1 aromatic heterocycles. The molecular formula is C16H19Cl2FN2OS. The lowest BCUT2D eigenvalue weighted by Gasteiger charge is -2.35. The Kier molecular flexibility index (Phi) is 6.68. The third-order valence-corrected chi connectivity index (χ3v) is 5.15. The number of nitrogens with one attached hydrogen (secondary N) is 1. The minimum atomic E-state index is -0.288. The largest absolute Gasteiger partial charge is 0.496 e. The predicted molar refractivity (Wildman–Crippen MR) is 95.8 cm³/mol. The third-order valence-electron chi connectivity index (χ3n) is 3.87. The van der Waals surface area contributed by atoms with Gasteiger partial charge in [-0.25, -0.2) is 4.39 Å². The van der Waals surface area contributed by atoms with E-state index in [1.165, 1.54) is 12.1 Å². The molecule has 0 aliphatic carbocycles. The van der Waals surface area contributed by atoms with Crippen molar-refractivity contribution in [2.45, 2.75) is 6.04 Å². The molecule has 0 saturated carbocycles. The van der Waals surface area contributed by atoms with Crippen LogP contribution in [0.15, 0.2) is 30.3 Å². The maximum atomic E-state index is 13.5. The molecule has 1 aliphatic heterocycles. The SMILES string of the molecule is COc1cc(F)ccc1[C@H](c1ccc(Cl)s1)N1CCNCC1.Cl. The highest BCUT2D eigenvalue weighted by atomic mass is 35.5. The van der Waals surface area contributed by atoms with Gasteiger partial charge in [0.1, 0.15) is 11.6 Å². The summed E-state index contributed by atoms with van der Waals surface area (Å²) in [5, 5.41) is 3.36. The second-order valence-electron chi connectivity index (χ2n) is 5.22. The normalized spacial score (nSPS) is 16.7. The Hall–Kier alpha value is -0.850. The quantitative estimate of drug-likeness (QED) is 0.873. The number of ether oxygens (including phenoxy) is 1. The summed E-state index contributed by atoms with van der Waals surface area (Å²) in [6, 6.07) is 8.74. The van der Waals surface area contributed by atoms with Crippen molar-refractivity contribution in [3.8, 4) is 5.75 Å². The molecule has 2 aromatic rings. The summed E-state index contributed by atoms with van der Waals surface area (Å²) in [6.45, 7) is 3.75. The summed E-state index contributed by atoms with van der Waals surface area (Å²) >= 11 is 7.69. The smallest absolute Gasteiger partial charge is 0.126 e. The van der Waals surface area contributed by atoms with Crippen LogP contribution in [0.2, 0.25) is 4.34 Å². The molecule has 23 heavy (non-hydrogen) atoms. The highest BCUT2D eigenvalue weighted by Crippen LogP contribution is 2.39. The molecule has 1 atom stereocenters. The van der Waals surface area contributed by atoms with Gasteiger partial charge in [-0.3, -0.25) is 4.90 Å². The molecule has 7 heteroatoms. The summed E-state index contributed by atoms with van der Waals surface area (Å²) in [7, 11) is 1.58. The van der Waals surface area contributed by atoms with Gasteiger partial charge in [0, 0.05) is 42.7 Å². The van der Waals surface area contributed by atoms with E-state index < -0.39 is 0 Å². The minimum absolute atomic E-state index is 0. The molecule has 0 spiro atoms. The van der Waals surface area contributed by atoms with Gasteiger partial charge >= 0.3 is 0 Å². The zero-order chi connectivity index (χ0) is 15.5. The van der Waals surface area contributed by atoms with E-state index in [1.807, 2.05) is 18.2 Å². The fourth-order valence-electron chi connectivity index (χ4n) is 2.86. The first-order valence-electron chi connectivity index (χ1n) is 7.22. The van der Waals surface area contributed by atoms with Crippen molar-refractivity contribution in [1.82, 2.24) is 10.2 Å². The van der Waals surface area contributed by atoms with E-state index in [0.717, 1.165) is 41.0 Å². The molecule has 3 nitrogen and oxygen atoms in total. The highest BCUT2D eigenvalue weighted by Gasteiger charge is 2.27. The number of halogens is 3. The first-order valence-corrected chi connectivity index (χ1v) is 8.42. The molecular weight excluding hydrogens is 358 g/mol. The van der Waals surface area contributed by atoms with E-state index in [2.05, 4.69) is 10.2 Å². The van der Waals surface area contributed by atoms with E-state index in [1.54, 1.807) is 18.4 Å². The Morgan fingerprint density at radius 2 is 2.00 bits per heavy atom. The summed E-state index contributed by atoms with van der Waals surface area (Å²) in [4.78, 5) is 3.53. The van der Waals surface area contributed by atoms with Gasteiger partial charge < -0.3 is 10.1 Å². The average Bonchev–Trinajstić information content (AvgIpc) is 2.96. The van der Waals surface area contributed by atoms with Crippen LogP contribution in [0.25, 0.3) is 0 Å². The number of rotatable bonds is 4. The molecule has 0 bridgehead atoms. The fraction of sp³-hybridized carbons (Fsp3) is 0.375. The molecule has 1 saturated heterocycles. The Balaban J connectivity index is 0.00000192. The Morgan fingerprint density at radius 1 is 1.26 bits per heavy atom. The highest BCUT2D eigenvalue weighted by molar-refractivity contribution is 7.16. The topological polar surface area (TPSA) is 24.5 Å². The molecule has 0 amide bonds. The summed E-state index contributed by atoms with van der Waals surface area (Å²) in [5.41, 5.74) is 0.976. The van der Waals surface area contributed by atoms with Crippen molar-refractivity contribution in [3.63, 3.8) is 0 Å². The number of benzene rings is 1. The van der Waals surface area contributed by atoms with Gasteiger partial charge in [-0.2, -0.15) is 0 Å². The van der Waals surface area contributed by atoms with E-state index in [9.17, 15) is 4.39 Å². The molecule has 126 valence electrons. The fourth-order valence-corrected chi connectivity index (χ4v) is 4.07. The Labute approximate surface area is 150 Å². The number of piperazine rings is 1. The maximum Gasteiger partial charge on any atom is 0.126 e. The molecule has 0 unspecified atom stereocenters. The second kappa shape index (κ2) is 8.31. The maximum absolute atomic E-state index is 13.5. The second-order valence-corrected chi connectivity index (χ2v) is 6.96. The van der Waals surface area contributed by atoms with Crippen LogP contribution in [0.5, 0.6) is 5.75 Å². The summed E-state index contributed by atoms with van der Waals surface area (Å²) in [6.07, 6.45) is 0. The number of hydrogen-bond acceptors (Lipinski definition) is 4. The van der Waals surface area contributed by atoms with Gasteiger partial charge in [0.2, 0.25) is 0 Å². The zero-order valence-corrected chi connectivity index (χ0v) is 15.1. The van der Waals surface area contributed by atoms with Crippen molar-refractivity contribution >= 4 is 35.3 Å². The number of nitrogens with zero attached hydrogens (tertiary/aromatic N) is 1. The molecule has 1 aromatic carbocycles. The number of thiophene rings is 1. The number of methoxy groups -OCH3 is 1. The average molecular weight is 377 g/mol. The van der Waals surface area contributed by atoms with E-state index >= 15 is 0 Å². The molecule has 1 N–H and O–H groups in total. The van der Waals surface area contributed by atoms with E-state index in [0.29, 0.717) is 5.75 Å². The van der Waals surface area contributed by atoms with Gasteiger partial charge in [0.15, 0.2) is 0 Å². The van der Waals surface area contributed by atoms with Crippen LogP contribution in [0.1, 0.15) is 16.5 Å². The zero-order valence-electron chi connectivity index (χ0n) is 12.7. The van der Waals surface area contributed by atoms with Crippen molar-refractivity contribution in [3.05, 3.63) is 50.9 Å². The van der Waals surface area contributed by atoms with Crippen LogP contribution in [0, 0.1) is 5.82 Å². The van der Waals surface area contributed by atoms with Crippen LogP contribution in [0.3, 0.4) is 0 Å². The van der Waals surface area contributed by atoms with Crippen molar-refractivity contribution < 1.29 is 9.13 Å². The first-order chi connectivity index (χ1) is 10.7. The lowest BCUT2D eigenvalue weighted by Crippen LogP contribution is -2.45. The van der Waals surface area contributed by atoms with Crippen LogP contribution >= 0.6 is 35.3 Å². The van der Waals surface area contributed by atoms with Gasteiger partial charge in [-0.1, -0.05) is 17.7 Å². The van der Waals surface area contributed by atoms with E-state index in [-0.39, 0.29) is 24.3 Å². The molecule has 3 rings (SSSR count). The standard InChI is InChI=1S/C16H18ClFN2OS.ClH/c1-21-13-10-11(18)2-3-12(13)16(14-4-5-15(17)22-14)20-8-6-19-7-9-20;/h2-5,10,16,19H,6-9H2,1H3;1H/t16-;/m1./s1. The molecule has 1 aliphatic rings. The van der Waals surface area contributed by atoms with Gasteiger partial charge in [0.25, 0.3) is 0 Å². The van der Waals surface area contributed by atoms with Gasteiger partial charge in [0.05, 0.1) is 17.5 Å². The monoisotopic (exact) mass is 376 g/mol. The van der Waals surface area contributed by atoms with Gasteiger partial charge in [-0.15, -0.1) is 23.7 Å². The Morgan fingerprint density at radius 3 is 2.61 bits per heavy atom. The molecule has 1 fully saturated rings. The van der Waals surface area contributed by atoms with Crippen LogP contribution in [-0.2, 0) is 0 Å². The van der Waals surface area contributed by atoms with Crippen molar-refractivity contribution in [1.29, 1.82) is 0 Å². The van der Waals surface area contributed by atoms with Crippen LogP contribution < -0.4 is 10.1 Å². The van der Waals surface area contributed by atoms with Crippen LogP contribution in [0.4, 0.5) is 4.39 Å². The Bertz CT molecular complexity index is 647. The van der Waals surface area contributed by atoms with Gasteiger partial charge in [-0.05, 0) is 18.2 Å². The lowest BCUT2D eigenvalue weighted by atomic mass is 10.0. The summed E-state index contributed by atoms with van der Waals surface area (Å²) < 4.78 is 19.7. The summed E-state index contributed by atoms with van der Waals surface area (Å²) in [5.74, 6) is 0.289.